The number of unbranched alkanes of at least 4 members (excludes halogenated alkanes) is 8. The number of aromatic nitrogens is 2. The molecule has 0 fully saturated rings. The van der Waals surface area contributed by atoms with E-state index in [4.69, 9.17) is 41.2 Å². The van der Waals surface area contributed by atoms with E-state index >= 15 is 0 Å². The predicted molar refractivity (Wildman–Crippen MR) is 629 cm³/mol. The Morgan fingerprint density at radius 3 is 0.597 bits per heavy atom. The molecule has 0 aliphatic carbocycles. The monoisotopic (exact) mass is 2520 g/mol. The molecular formula is C124H180Hf3N16Zr. The summed E-state index contributed by atoms with van der Waals surface area (Å²) in [5.74, 6) is 8.52. The maximum Gasteiger partial charge on any atom is 4.00 e. The van der Waals surface area contributed by atoms with E-state index in [1.807, 2.05) is 53.7 Å². The van der Waals surface area contributed by atoms with Crippen molar-refractivity contribution in [2.45, 2.75) is 295 Å². The van der Waals surface area contributed by atoms with Gasteiger partial charge in [-0.25, -0.2) is 0 Å². The quantitative estimate of drug-likeness (QED) is 0.0121. The van der Waals surface area contributed by atoms with Gasteiger partial charge in [0.05, 0.1) is 0 Å². The van der Waals surface area contributed by atoms with Crippen molar-refractivity contribution in [1.82, 2.24) is 9.97 Å². The standard InChI is InChI=1S/C33H38N4.C33H50N4.2C25H34N4.8CH3.3Hf.Zr/c1-22-18-24(3)32(25(4)19-22)28-12-10-14-30(36-28)34-16-8-7-9-17-35-31-15-11-13-29(37-31)33-26(5)20-23(2)21-27(33)6;1-22(2)28-16-14-17-29(23(3)4)32(28)36-26(9)34-20-12-11-13-21-35-27(10)37-33-30(24(5)6)18-15-19-31(33)25(7)8;2*1-18-12-10-13-19(2)24(18)28-22(5)26-16-8-7-9-17-27-23(6)29-25-20(3)14-11-15-21(25)4;;;;;;;;;;;;/h10-15,18-21H,7-9,16-17H2,1-6H3;14-19,22-25H,11-13,20-21H2,1-10H3;2*10-15H,7-9,16-17H2,1-6H3;8*1H3;;;;/q4*-2;8*-1;4*+4. The minimum absolute atomic E-state index is 0. The van der Waals surface area contributed by atoms with Crippen LogP contribution < -0.4 is 0 Å². The average Bonchev–Trinajstić information content (AvgIpc) is 0.817. The van der Waals surface area contributed by atoms with Gasteiger partial charge in [-0.2, -0.15) is 0 Å². The number of rotatable bonds is 38. The van der Waals surface area contributed by atoms with Gasteiger partial charge in [0.2, 0.25) is 0 Å². The van der Waals surface area contributed by atoms with Crippen molar-refractivity contribution in [3.05, 3.63) is 372 Å². The van der Waals surface area contributed by atoms with Gasteiger partial charge in [-0.3, -0.25) is 0 Å². The smallest absolute Gasteiger partial charge is 0.469 e. The summed E-state index contributed by atoms with van der Waals surface area (Å²) in [6.07, 6.45) is 12.8. The third-order valence-electron chi connectivity index (χ3n) is 23.3. The van der Waals surface area contributed by atoms with Crippen LogP contribution in [-0.2, 0) is 104 Å². The number of para-hydroxylation sites is 6. The van der Waals surface area contributed by atoms with Crippen molar-refractivity contribution < 1.29 is 104 Å². The van der Waals surface area contributed by atoms with Gasteiger partial charge in [-0.1, -0.05) is 412 Å². The summed E-state index contributed by atoms with van der Waals surface area (Å²) in [5, 5.41) is 37.4. The van der Waals surface area contributed by atoms with E-state index < -0.39 is 0 Å². The van der Waals surface area contributed by atoms with Crippen LogP contribution >= 0.6 is 0 Å². The Morgan fingerprint density at radius 2 is 0.403 bits per heavy atom. The van der Waals surface area contributed by atoms with Crippen molar-refractivity contribution >= 4 is 80.8 Å². The Hall–Kier alpha value is -8.03. The fourth-order valence-electron chi connectivity index (χ4n) is 16.3. The summed E-state index contributed by atoms with van der Waals surface area (Å²) in [6, 6.07) is 59.2. The van der Waals surface area contributed by atoms with Gasteiger partial charge < -0.3 is 142 Å². The Bertz CT molecular complexity index is 4850. The number of pyridine rings is 2. The first-order valence-electron chi connectivity index (χ1n) is 48.4. The predicted octanol–water partition coefficient (Wildman–Crippen LogP) is 39.3. The normalized spacial score (nSPS) is 11.0. The molecule has 8 aromatic carbocycles. The van der Waals surface area contributed by atoms with Crippen LogP contribution in [0.2, 0.25) is 0 Å². The van der Waals surface area contributed by atoms with Crippen LogP contribution in [0.3, 0.4) is 0 Å². The first-order chi connectivity index (χ1) is 63.1. The second-order valence-corrected chi connectivity index (χ2v) is 36.7. The van der Waals surface area contributed by atoms with Gasteiger partial charge in [0.1, 0.15) is 0 Å². The summed E-state index contributed by atoms with van der Waals surface area (Å²) < 4.78 is 0. The van der Waals surface area contributed by atoms with E-state index in [0.717, 1.165) is 222 Å². The summed E-state index contributed by atoms with van der Waals surface area (Å²) in [6.45, 7) is 65.9. The Morgan fingerprint density at radius 1 is 0.229 bits per heavy atom. The fraction of sp³-hybridized carbons (Fsp3) is 0.419. The molecule has 144 heavy (non-hydrogen) atoms. The van der Waals surface area contributed by atoms with Crippen molar-refractivity contribution in [2.75, 3.05) is 52.4 Å². The van der Waals surface area contributed by atoms with Crippen LogP contribution in [0.15, 0.2) is 200 Å². The zero-order valence-corrected chi connectivity index (χ0v) is 109. The van der Waals surface area contributed by atoms with Crippen LogP contribution in [0.4, 0.5) is 45.8 Å². The van der Waals surface area contributed by atoms with Crippen molar-refractivity contribution in [3.63, 3.8) is 0 Å². The second-order valence-electron chi connectivity index (χ2n) is 36.7. The molecule has 0 spiro atoms. The number of nitrogens with zero attached hydrogens (tertiary/aromatic N) is 16. The van der Waals surface area contributed by atoms with Crippen molar-refractivity contribution in [1.29, 1.82) is 0 Å². The second kappa shape index (κ2) is 78.2. The van der Waals surface area contributed by atoms with Crippen LogP contribution in [0, 0.1) is 156 Å². The van der Waals surface area contributed by atoms with Gasteiger partial charge in [0.15, 0.2) is 0 Å². The van der Waals surface area contributed by atoms with Crippen molar-refractivity contribution in [2.24, 2.45) is 30.0 Å². The number of aliphatic imine (C=N–C) groups is 6. The Kier molecular flexibility index (Phi) is 79.7. The van der Waals surface area contributed by atoms with Gasteiger partial charge in [-0.15, -0.1) is 0 Å². The minimum atomic E-state index is 0. The number of hydrogen-bond acceptors (Lipinski definition) is 8. The molecule has 0 saturated carbocycles. The molecule has 10 rings (SSSR count). The maximum absolute atomic E-state index is 4.95. The third kappa shape index (κ3) is 50.8. The SMILES string of the molecule is CC(=Nc1c(C(C)C)cccc1C(C)C)[N-]CCCCC[N-]C(C)=Nc1c(C(C)C)cccc1C(C)C.CC(=Nc1c(C)cccc1C)[N-]CCCCC[N-]C(C)=Nc1c(C)cccc1C.CC(=Nc1c(C)cccc1C)[N-]CCCCC[N-]C(C)=Nc1c(C)cccc1C.Cc1cc(C)c(-c2cccc([N-]CCCCC[N-]c3cccc(-c4c(C)cc(C)cc4C)n3)n2)c(C)c1.[CH3-].[CH3-].[CH3-].[CH3-].[CH3-].[CH3-].[CH3-].[CH3-].[Hf+4].[Hf+4].[Hf+4].[Zr+4]. The van der Waals surface area contributed by atoms with Crippen LogP contribution in [0.25, 0.3) is 65.0 Å². The minimum Gasteiger partial charge on any atom is -0.469 e. The number of hydrogen-bond donors (Lipinski definition) is 0. The molecule has 0 bridgehead atoms. The average molecular weight is 2520 g/mol. The van der Waals surface area contributed by atoms with Crippen LogP contribution in [0.1, 0.15) is 298 Å². The summed E-state index contributed by atoms with van der Waals surface area (Å²) in [4.78, 5) is 38.3. The third-order valence-corrected chi connectivity index (χ3v) is 23.3. The number of amidine groups is 6. The largest absolute Gasteiger partial charge is 4.00 e. The van der Waals surface area contributed by atoms with Gasteiger partial charge in [-0.05, 0) is 308 Å². The molecule has 772 valence electrons. The molecule has 0 amide bonds. The molecule has 16 nitrogen and oxygen atoms in total. The van der Waals surface area contributed by atoms with Crippen LogP contribution in [-0.4, -0.2) is 97.3 Å². The van der Waals surface area contributed by atoms with Crippen molar-refractivity contribution in [3.8, 4) is 22.5 Å². The maximum atomic E-state index is 4.95. The van der Waals surface area contributed by atoms with E-state index in [1.165, 1.54) is 111 Å². The van der Waals surface area contributed by atoms with Gasteiger partial charge in [0, 0.05) is 0 Å². The summed E-state index contributed by atoms with van der Waals surface area (Å²) in [5.41, 5.74) is 33.2. The first-order valence-corrected chi connectivity index (χ1v) is 48.4. The molecule has 0 saturated heterocycles. The van der Waals surface area contributed by atoms with E-state index in [9.17, 15) is 0 Å². The molecule has 0 radical (unpaired) electrons. The fourth-order valence-corrected chi connectivity index (χ4v) is 16.3. The molecule has 0 aliphatic rings. The van der Waals surface area contributed by atoms with Gasteiger partial charge in [0.25, 0.3) is 0 Å². The molecular weight excluding hydrogens is 2340 g/mol. The molecule has 2 heterocycles. The Labute approximate surface area is 956 Å². The van der Waals surface area contributed by atoms with E-state index in [0.29, 0.717) is 23.7 Å². The van der Waals surface area contributed by atoms with Crippen LogP contribution in [0.5, 0.6) is 0 Å². The summed E-state index contributed by atoms with van der Waals surface area (Å²) in [7, 11) is 0. The van der Waals surface area contributed by atoms with Gasteiger partial charge >= 0.3 is 104 Å². The molecule has 0 aliphatic heterocycles. The van der Waals surface area contributed by atoms with E-state index in [-0.39, 0.29) is 163 Å². The number of benzene rings is 8. The molecule has 2 aromatic heterocycles. The number of aryl methyl sites for hydroxylation is 14. The van der Waals surface area contributed by atoms with E-state index in [1.54, 1.807) is 0 Å². The molecule has 10 aromatic rings. The summed E-state index contributed by atoms with van der Waals surface area (Å²) >= 11 is 0. The zero-order chi connectivity index (χ0) is 96.3. The zero-order valence-electron chi connectivity index (χ0n) is 95.8. The molecule has 20 heteroatoms. The molecule has 0 N–H and O–H groups in total. The van der Waals surface area contributed by atoms with E-state index in [2.05, 4.69) is 351 Å². The first kappa shape index (κ1) is 147. The Balaban J connectivity index is -0.000000431. The topological polar surface area (TPSA) is 213 Å². The molecule has 0 atom stereocenters. The molecule has 0 unspecified atom stereocenters.